The highest BCUT2D eigenvalue weighted by Gasteiger charge is 2.12. The SMILES string of the molecule is Nn1c(N/N=C/c2ccc(F)cc2)nnc1SCC(=O)Nc1cccc(Cl)c1. The van der Waals surface area contributed by atoms with E-state index in [9.17, 15) is 9.18 Å². The number of hydrazone groups is 1. The summed E-state index contributed by atoms with van der Waals surface area (Å²) in [6.45, 7) is 0. The molecule has 8 nitrogen and oxygen atoms in total. The second kappa shape index (κ2) is 9.20. The number of hydrogen-bond donors (Lipinski definition) is 3. The number of nitrogens with zero attached hydrogens (tertiary/aromatic N) is 4. The summed E-state index contributed by atoms with van der Waals surface area (Å²) in [5, 5.41) is 15.3. The summed E-state index contributed by atoms with van der Waals surface area (Å²) in [6, 6.07) is 12.7. The number of nitrogen functional groups attached to an aromatic ring is 1. The summed E-state index contributed by atoms with van der Waals surface area (Å²) < 4.78 is 14.0. The Hall–Kier alpha value is -3.11. The molecule has 0 unspecified atom stereocenters. The predicted octanol–water partition coefficient (Wildman–Crippen LogP) is 2.96. The molecular weight excluding hydrogens is 405 g/mol. The van der Waals surface area contributed by atoms with Crippen LogP contribution < -0.4 is 16.6 Å². The molecule has 1 amide bonds. The lowest BCUT2D eigenvalue weighted by Gasteiger charge is -2.05. The molecule has 144 valence electrons. The summed E-state index contributed by atoms with van der Waals surface area (Å²) in [7, 11) is 0. The van der Waals surface area contributed by atoms with Crippen LogP contribution in [0.5, 0.6) is 0 Å². The van der Waals surface area contributed by atoms with Gasteiger partial charge in [-0.3, -0.25) is 4.79 Å². The summed E-state index contributed by atoms with van der Waals surface area (Å²) in [5.41, 5.74) is 3.94. The van der Waals surface area contributed by atoms with Gasteiger partial charge in [0.15, 0.2) is 0 Å². The number of nitrogens with one attached hydrogen (secondary N) is 2. The van der Waals surface area contributed by atoms with Gasteiger partial charge in [0.05, 0.1) is 12.0 Å². The van der Waals surface area contributed by atoms with E-state index in [0.29, 0.717) is 21.4 Å². The second-order valence-electron chi connectivity index (χ2n) is 5.44. The van der Waals surface area contributed by atoms with E-state index in [-0.39, 0.29) is 23.4 Å². The van der Waals surface area contributed by atoms with E-state index < -0.39 is 0 Å². The van der Waals surface area contributed by atoms with Gasteiger partial charge in [-0.25, -0.2) is 14.5 Å². The van der Waals surface area contributed by atoms with Crippen LogP contribution in [0.3, 0.4) is 0 Å². The molecule has 28 heavy (non-hydrogen) atoms. The highest BCUT2D eigenvalue weighted by Crippen LogP contribution is 2.18. The molecule has 1 aromatic heterocycles. The Morgan fingerprint density at radius 1 is 1.29 bits per heavy atom. The van der Waals surface area contributed by atoms with Gasteiger partial charge in [0.2, 0.25) is 11.1 Å². The van der Waals surface area contributed by atoms with Gasteiger partial charge < -0.3 is 11.2 Å². The molecule has 0 fully saturated rings. The van der Waals surface area contributed by atoms with E-state index in [4.69, 9.17) is 17.4 Å². The van der Waals surface area contributed by atoms with Crippen LogP contribution in [0.4, 0.5) is 16.0 Å². The molecule has 4 N–H and O–H groups in total. The number of amides is 1. The van der Waals surface area contributed by atoms with Crippen LogP contribution in [-0.4, -0.2) is 32.7 Å². The molecular formula is C17H15ClFN7OS. The number of carbonyl (C=O) groups is 1. The van der Waals surface area contributed by atoms with Crippen molar-refractivity contribution in [3.63, 3.8) is 0 Å². The lowest BCUT2D eigenvalue weighted by molar-refractivity contribution is -0.113. The fraction of sp³-hybridized carbons (Fsp3) is 0.0588. The number of anilines is 2. The van der Waals surface area contributed by atoms with Crippen molar-refractivity contribution >= 4 is 47.1 Å². The topological polar surface area (TPSA) is 110 Å². The molecule has 0 radical (unpaired) electrons. The number of hydrogen-bond acceptors (Lipinski definition) is 7. The highest BCUT2D eigenvalue weighted by molar-refractivity contribution is 7.99. The van der Waals surface area contributed by atoms with Crippen LogP contribution in [0, 0.1) is 5.82 Å². The van der Waals surface area contributed by atoms with E-state index in [1.165, 1.54) is 23.0 Å². The number of thioether (sulfide) groups is 1. The molecule has 0 atom stereocenters. The molecule has 0 aliphatic carbocycles. The monoisotopic (exact) mass is 419 g/mol. The maximum Gasteiger partial charge on any atom is 0.264 e. The standard InChI is InChI=1S/C17H15ClFN7OS/c18-12-2-1-3-14(8-12)22-15(27)10-28-17-25-24-16(26(17)20)23-21-9-11-4-6-13(19)7-5-11/h1-9H,10,20H2,(H,22,27)(H,23,24)/b21-9+. The molecule has 1 heterocycles. The van der Waals surface area contributed by atoms with Crippen molar-refractivity contribution in [2.24, 2.45) is 5.10 Å². The summed E-state index contributed by atoms with van der Waals surface area (Å²) in [4.78, 5) is 12.0. The van der Waals surface area contributed by atoms with E-state index in [0.717, 1.165) is 11.8 Å². The lowest BCUT2D eigenvalue weighted by atomic mass is 10.2. The van der Waals surface area contributed by atoms with E-state index in [2.05, 4.69) is 26.0 Å². The maximum atomic E-state index is 12.9. The lowest BCUT2D eigenvalue weighted by Crippen LogP contribution is -2.16. The van der Waals surface area contributed by atoms with Crippen molar-refractivity contribution in [3.8, 4) is 0 Å². The maximum absolute atomic E-state index is 12.9. The normalized spacial score (nSPS) is 10.9. The van der Waals surface area contributed by atoms with Gasteiger partial charge in [-0.1, -0.05) is 41.6 Å². The number of halogens is 2. The number of benzene rings is 2. The van der Waals surface area contributed by atoms with Gasteiger partial charge in [0.25, 0.3) is 5.95 Å². The first kappa shape index (κ1) is 19.6. The van der Waals surface area contributed by atoms with E-state index in [1.54, 1.807) is 36.4 Å². The van der Waals surface area contributed by atoms with Crippen molar-refractivity contribution in [1.82, 2.24) is 14.9 Å². The first-order valence-corrected chi connectivity index (χ1v) is 9.31. The Balaban J connectivity index is 1.52. The average molecular weight is 420 g/mol. The van der Waals surface area contributed by atoms with Crippen LogP contribution in [0.1, 0.15) is 5.56 Å². The summed E-state index contributed by atoms with van der Waals surface area (Å²) in [5.74, 6) is 5.61. The molecule has 0 aliphatic heterocycles. The predicted molar refractivity (Wildman–Crippen MR) is 109 cm³/mol. The van der Waals surface area contributed by atoms with Gasteiger partial charge in [-0.2, -0.15) is 5.10 Å². The molecule has 11 heteroatoms. The van der Waals surface area contributed by atoms with Crippen molar-refractivity contribution in [2.45, 2.75) is 5.16 Å². The van der Waals surface area contributed by atoms with Gasteiger partial charge >= 0.3 is 0 Å². The van der Waals surface area contributed by atoms with Crippen LogP contribution in [0.25, 0.3) is 0 Å². The smallest absolute Gasteiger partial charge is 0.264 e. The Morgan fingerprint density at radius 2 is 2.07 bits per heavy atom. The van der Waals surface area contributed by atoms with Crippen LogP contribution >= 0.6 is 23.4 Å². The molecule has 0 aliphatic rings. The molecule has 0 saturated carbocycles. The fourth-order valence-corrected chi connectivity index (χ4v) is 2.91. The third-order valence-corrected chi connectivity index (χ3v) is 4.53. The van der Waals surface area contributed by atoms with Crippen LogP contribution in [0.15, 0.2) is 58.8 Å². The van der Waals surface area contributed by atoms with Gasteiger partial charge in [0, 0.05) is 10.7 Å². The zero-order valence-corrected chi connectivity index (χ0v) is 15.9. The molecule has 0 saturated heterocycles. The van der Waals surface area contributed by atoms with E-state index >= 15 is 0 Å². The number of rotatable bonds is 7. The van der Waals surface area contributed by atoms with Gasteiger partial charge in [-0.15, -0.1) is 10.2 Å². The van der Waals surface area contributed by atoms with Crippen molar-refractivity contribution < 1.29 is 9.18 Å². The molecule has 0 bridgehead atoms. The second-order valence-corrected chi connectivity index (χ2v) is 6.82. The Bertz CT molecular complexity index is 993. The molecule has 3 aromatic rings. The average Bonchev–Trinajstić information content (AvgIpc) is 3.02. The van der Waals surface area contributed by atoms with Crippen LogP contribution in [0.2, 0.25) is 5.02 Å². The van der Waals surface area contributed by atoms with E-state index in [1.807, 2.05) is 0 Å². The molecule has 0 spiro atoms. The summed E-state index contributed by atoms with van der Waals surface area (Å²) in [6.07, 6.45) is 1.49. The first-order valence-electron chi connectivity index (χ1n) is 7.94. The minimum atomic E-state index is -0.326. The third-order valence-electron chi connectivity index (χ3n) is 3.35. The Labute approximate surface area is 168 Å². The van der Waals surface area contributed by atoms with Crippen molar-refractivity contribution in [3.05, 3.63) is 64.9 Å². The number of aromatic nitrogens is 3. The molecule has 2 aromatic carbocycles. The minimum Gasteiger partial charge on any atom is -0.334 e. The number of nitrogens with two attached hydrogens (primary N) is 1. The van der Waals surface area contributed by atoms with Crippen molar-refractivity contribution in [1.29, 1.82) is 0 Å². The first-order chi connectivity index (χ1) is 13.5. The largest absolute Gasteiger partial charge is 0.334 e. The quantitative estimate of drug-likeness (QED) is 0.235. The zero-order chi connectivity index (χ0) is 19.9. The van der Waals surface area contributed by atoms with Gasteiger partial charge in [-0.05, 0) is 35.9 Å². The zero-order valence-electron chi connectivity index (χ0n) is 14.3. The Kier molecular flexibility index (Phi) is 6.45. The van der Waals surface area contributed by atoms with Crippen LogP contribution in [-0.2, 0) is 4.79 Å². The van der Waals surface area contributed by atoms with Crippen molar-refractivity contribution in [2.75, 3.05) is 22.3 Å². The molecule has 3 rings (SSSR count). The minimum absolute atomic E-state index is 0.0840. The Morgan fingerprint density at radius 3 is 2.82 bits per heavy atom. The third kappa shape index (κ3) is 5.44. The number of carbonyl (C=O) groups excluding carboxylic acids is 1. The fourth-order valence-electron chi connectivity index (χ4n) is 2.06. The summed E-state index contributed by atoms with van der Waals surface area (Å²) >= 11 is 7.00. The highest BCUT2D eigenvalue weighted by atomic mass is 35.5. The van der Waals surface area contributed by atoms with Gasteiger partial charge in [0.1, 0.15) is 5.82 Å².